The van der Waals surface area contributed by atoms with Gasteiger partial charge in [-0.3, -0.25) is 0 Å². The average Bonchev–Trinajstić information content (AvgIpc) is 2.37. The van der Waals surface area contributed by atoms with E-state index in [9.17, 15) is 0 Å². The summed E-state index contributed by atoms with van der Waals surface area (Å²) in [5.74, 6) is 0. The first-order valence-corrected chi connectivity index (χ1v) is 8.43. The topological polar surface area (TPSA) is 12.0 Å². The molecular weight excluding hydrogens is 298 g/mol. The van der Waals surface area contributed by atoms with Crippen molar-refractivity contribution < 1.29 is 0 Å². The van der Waals surface area contributed by atoms with Gasteiger partial charge in [0.15, 0.2) is 0 Å². The molecule has 0 heterocycles. The van der Waals surface area contributed by atoms with E-state index in [2.05, 4.69) is 47.2 Å². The summed E-state index contributed by atoms with van der Waals surface area (Å²) in [5.41, 5.74) is 4.73. The molecule has 0 amide bonds. The molecular formula is C17H24BrN. The molecule has 1 unspecified atom stereocenters. The highest BCUT2D eigenvalue weighted by Crippen LogP contribution is 2.53. The van der Waals surface area contributed by atoms with Crippen LogP contribution in [0.4, 0.5) is 5.69 Å². The Labute approximate surface area is 125 Å². The molecule has 2 fully saturated rings. The van der Waals surface area contributed by atoms with Gasteiger partial charge in [0, 0.05) is 16.2 Å². The predicted octanol–water partition coefficient (Wildman–Crippen LogP) is 5.59. The molecule has 0 saturated heterocycles. The maximum absolute atomic E-state index is 3.88. The number of anilines is 1. The van der Waals surface area contributed by atoms with E-state index in [1.54, 1.807) is 0 Å². The second-order valence-electron chi connectivity index (χ2n) is 6.57. The number of aryl methyl sites for hydroxylation is 2. The Morgan fingerprint density at radius 2 is 1.68 bits per heavy atom. The highest BCUT2D eigenvalue weighted by Gasteiger charge is 2.46. The van der Waals surface area contributed by atoms with Crippen molar-refractivity contribution in [3.8, 4) is 0 Å². The van der Waals surface area contributed by atoms with Gasteiger partial charge in [-0.15, -0.1) is 0 Å². The van der Waals surface area contributed by atoms with Crippen LogP contribution in [0.1, 0.15) is 56.1 Å². The van der Waals surface area contributed by atoms with Gasteiger partial charge < -0.3 is 5.32 Å². The van der Waals surface area contributed by atoms with Crippen LogP contribution in [-0.2, 0) is 0 Å². The van der Waals surface area contributed by atoms with Crippen molar-refractivity contribution in [2.75, 3.05) is 5.32 Å². The molecule has 1 atom stereocenters. The van der Waals surface area contributed by atoms with Gasteiger partial charge in [-0.05, 0) is 68.2 Å². The van der Waals surface area contributed by atoms with Crippen LogP contribution in [0.15, 0.2) is 16.6 Å². The maximum atomic E-state index is 3.88. The largest absolute Gasteiger partial charge is 0.381 e. The highest BCUT2D eigenvalue weighted by atomic mass is 79.9. The van der Waals surface area contributed by atoms with Gasteiger partial charge in [-0.2, -0.15) is 0 Å². The van der Waals surface area contributed by atoms with E-state index in [-0.39, 0.29) is 0 Å². The summed E-state index contributed by atoms with van der Waals surface area (Å²) in [6.45, 7) is 4.43. The first-order chi connectivity index (χ1) is 9.11. The zero-order chi connectivity index (χ0) is 13.5. The van der Waals surface area contributed by atoms with Crippen LogP contribution in [0.2, 0.25) is 0 Å². The van der Waals surface area contributed by atoms with Crippen molar-refractivity contribution in [1.29, 1.82) is 0 Å². The fourth-order valence-corrected chi connectivity index (χ4v) is 4.78. The summed E-state index contributed by atoms with van der Waals surface area (Å²) in [6, 6.07) is 5.16. The molecule has 1 nitrogen and oxygen atoms in total. The van der Waals surface area contributed by atoms with E-state index >= 15 is 0 Å². The first-order valence-electron chi connectivity index (χ1n) is 7.64. The Bertz CT molecular complexity index is 451. The minimum absolute atomic E-state index is 0.629. The van der Waals surface area contributed by atoms with Crippen LogP contribution in [-0.4, -0.2) is 6.04 Å². The zero-order valence-corrected chi connectivity index (χ0v) is 13.6. The summed E-state index contributed by atoms with van der Waals surface area (Å²) in [4.78, 5) is 0. The molecule has 104 valence electrons. The minimum Gasteiger partial charge on any atom is -0.381 e. The van der Waals surface area contributed by atoms with Crippen molar-refractivity contribution in [3.63, 3.8) is 0 Å². The van der Waals surface area contributed by atoms with E-state index in [4.69, 9.17) is 0 Å². The van der Waals surface area contributed by atoms with Crippen LogP contribution in [0, 0.1) is 19.3 Å². The van der Waals surface area contributed by atoms with Gasteiger partial charge in [0.2, 0.25) is 0 Å². The number of hydrogen-bond acceptors (Lipinski definition) is 1. The molecule has 2 saturated carbocycles. The predicted molar refractivity (Wildman–Crippen MR) is 85.8 cm³/mol. The van der Waals surface area contributed by atoms with Gasteiger partial charge in [0.05, 0.1) is 0 Å². The van der Waals surface area contributed by atoms with Gasteiger partial charge >= 0.3 is 0 Å². The van der Waals surface area contributed by atoms with Gasteiger partial charge in [0.25, 0.3) is 0 Å². The van der Waals surface area contributed by atoms with Crippen LogP contribution >= 0.6 is 15.9 Å². The van der Waals surface area contributed by atoms with Crippen molar-refractivity contribution in [1.82, 2.24) is 0 Å². The van der Waals surface area contributed by atoms with Crippen molar-refractivity contribution >= 4 is 21.6 Å². The lowest BCUT2D eigenvalue weighted by Gasteiger charge is -2.53. The van der Waals surface area contributed by atoms with E-state index in [1.165, 1.54) is 66.2 Å². The van der Waals surface area contributed by atoms with Crippen LogP contribution in [0.5, 0.6) is 0 Å². The Morgan fingerprint density at radius 3 is 2.21 bits per heavy atom. The van der Waals surface area contributed by atoms with Gasteiger partial charge in [0.1, 0.15) is 0 Å². The standard InChI is InChI=1S/C17H24BrN/c1-12-10-14(18)11-13(2)16(12)19-15-6-9-17(15)7-4-3-5-8-17/h10-11,15,19H,3-9H2,1-2H3. The molecule has 1 aromatic rings. The Kier molecular flexibility index (Phi) is 3.63. The van der Waals surface area contributed by atoms with Crippen LogP contribution in [0.3, 0.4) is 0 Å². The van der Waals surface area contributed by atoms with Crippen LogP contribution in [0.25, 0.3) is 0 Å². The molecule has 0 radical (unpaired) electrons. The molecule has 2 aliphatic carbocycles. The zero-order valence-electron chi connectivity index (χ0n) is 12.1. The maximum Gasteiger partial charge on any atom is 0.0402 e. The first kappa shape index (κ1) is 13.5. The lowest BCUT2D eigenvalue weighted by molar-refractivity contribution is 0.0571. The fourth-order valence-electron chi connectivity index (χ4n) is 4.09. The molecule has 2 heteroatoms. The Morgan fingerprint density at radius 1 is 1.05 bits per heavy atom. The number of halogens is 1. The lowest BCUT2D eigenvalue weighted by atomic mass is 9.57. The quantitative estimate of drug-likeness (QED) is 0.748. The second-order valence-corrected chi connectivity index (χ2v) is 7.49. The fraction of sp³-hybridized carbons (Fsp3) is 0.647. The average molecular weight is 322 g/mol. The summed E-state index contributed by atoms with van der Waals surface area (Å²) in [5, 5.41) is 3.88. The number of rotatable bonds is 2. The van der Waals surface area contributed by atoms with E-state index in [1.807, 2.05) is 0 Å². The molecule has 1 N–H and O–H groups in total. The second kappa shape index (κ2) is 5.12. The molecule has 1 spiro atoms. The third kappa shape index (κ3) is 2.44. The smallest absolute Gasteiger partial charge is 0.0402 e. The third-order valence-electron chi connectivity index (χ3n) is 5.34. The lowest BCUT2D eigenvalue weighted by Crippen LogP contribution is -2.50. The third-order valence-corrected chi connectivity index (χ3v) is 5.79. The van der Waals surface area contributed by atoms with Gasteiger partial charge in [-0.25, -0.2) is 0 Å². The van der Waals surface area contributed by atoms with Crippen molar-refractivity contribution in [2.45, 2.75) is 64.8 Å². The summed E-state index contributed by atoms with van der Waals surface area (Å²) < 4.78 is 1.19. The van der Waals surface area contributed by atoms with Crippen LogP contribution < -0.4 is 5.32 Å². The van der Waals surface area contributed by atoms with E-state index in [0.29, 0.717) is 11.5 Å². The molecule has 2 aliphatic rings. The normalized spacial score (nSPS) is 25.1. The number of hydrogen-bond donors (Lipinski definition) is 1. The van der Waals surface area contributed by atoms with E-state index in [0.717, 1.165) is 0 Å². The Balaban J connectivity index is 1.79. The summed E-state index contributed by atoms with van der Waals surface area (Å²) >= 11 is 3.59. The van der Waals surface area contributed by atoms with E-state index < -0.39 is 0 Å². The molecule has 3 rings (SSSR count). The Hall–Kier alpha value is -0.500. The minimum atomic E-state index is 0.629. The molecule has 0 aliphatic heterocycles. The van der Waals surface area contributed by atoms with Crippen molar-refractivity contribution in [3.05, 3.63) is 27.7 Å². The molecule has 0 bridgehead atoms. The number of nitrogens with one attached hydrogen (secondary N) is 1. The molecule has 0 aromatic heterocycles. The highest BCUT2D eigenvalue weighted by molar-refractivity contribution is 9.10. The summed E-state index contributed by atoms with van der Waals surface area (Å²) in [7, 11) is 0. The molecule has 1 aromatic carbocycles. The summed E-state index contributed by atoms with van der Waals surface area (Å²) in [6.07, 6.45) is 10.0. The monoisotopic (exact) mass is 321 g/mol. The van der Waals surface area contributed by atoms with Gasteiger partial charge in [-0.1, -0.05) is 35.2 Å². The SMILES string of the molecule is Cc1cc(Br)cc(C)c1NC1CCC12CCCCC2. The molecule has 19 heavy (non-hydrogen) atoms. The van der Waals surface area contributed by atoms with Crippen molar-refractivity contribution in [2.24, 2.45) is 5.41 Å². The number of benzene rings is 1.